The van der Waals surface area contributed by atoms with Crippen LogP contribution in [-0.2, 0) is 25.0 Å². The molecule has 14 heteroatoms. The van der Waals surface area contributed by atoms with E-state index in [9.17, 15) is 26.4 Å². The molecule has 2 heterocycles. The minimum absolute atomic E-state index is 0.254. The van der Waals surface area contributed by atoms with Crippen LogP contribution < -0.4 is 10.6 Å². The molecule has 12 nitrogen and oxygen atoms in total. The van der Waals surface area contributed by atoms with Gasteiger partial charge in [-0.15, -0.1) is 0 Å². The molecule has 0 unspecified atom stereocenters. The monoisotopic (exact) mass is 544 g/mol. The van der Waals surface area contributed by atoms with E-state index < -0.39 is 31.7 Å². The Balaban J connectivity index is 1.57. The van der Waals surface area contributed by atoms with Crippen molar-refractivity contribution in [2.45, 2.75) is 23.6 Å². The number of nitrogens with one attached hydrogen (secondary N) is 1. The average Bonchev–Trinajstić information content (AvgIpc) is 3.28. The highest BCUT2D eigenvalue weighted by Crippen LogP contribution is 2.25. The summed E-state index contributed by atoms with van der Waals surface area (Å²) in [6.07, 6.45) is 4.51. The van der Waals surface area contributed by atoms with E-state index in [1.165, 1.54) is 59.3 Å². The van der Waals surface area contributed by atoms with Gasteiger partial charge in [0.25, 0.3) is 31.7 Å². The fourth-order valence-electron chi connectivity index (χ4n) is 3.59. The number of H-pyrrole nitrogens is 1. The first kappa shape index (κ1) is 26.0. The van der Waals surface area contributed by atoms with Gasteiger partial charge in [-0.05, 0) is 74.5 Å². The van der Waals surface area contributed by atoms with Crippen LogP contribution >= 0.6 is 0 Å². The lowest BCUT2D eigenvalue weighted by Gasteiger charge is -2.11. The van der Waals surface area contributed by atoms with Crippen LogP contribution in [0, 0.1) is 6.92 Å². The molecule has 37 heavy (non-hydrogen) atoms. The average molecular weight is 545 g/mol. The van der Waals surface area contributed by atoms with E-state index in [0.717, 1.165) is 17.1 Å². The molecule has 0 spiro atoms. The van der Waals surface area contributed by atoms with Crippen molar-refractivity contribution in [3.8, 4) is 5.69 Å². The Hall–Kier alpha value is -4.11. The Morgan fingerprint density at radius 2 is 1.35 bits per heavy atom. The largest absolute Gasteiger partial charge is 0.295 e. The highest BCUT2D eigenvalue weighted by molar-refractivity contribution is 7.86. The van der Waals surface area contributed by atoms with Crippen molar-refractivity contribution in [1.82, 2.24) is 9.78 Å². The molecule has 0 saturated carbocycles. The van der Waals surface area contributed by atoms with Crippen LogP contribution in [0.5, 0.6) is 0 Å². The van der Waals surface area contributed by atoms with Gasteiger partial charge in [0.1, 0.15) is 0 Å². The molecule has 192 valence electrons. The molecule has 2 aromatic carbocycles. The summed E-state index contributed by atoms with van der Waals surface area (Å²) >= 11 is 0. The van der Waals surface area contributed by atoms with Gasteiger partial charge in [-0.3, -0.25) is 23.8 Å². The zero-order chi connectivity index (χ0) is 27.1. The smallest absolute Gasteiger partial charge is 0.294 e. The molecular formula is C23H20N4O8S2. The predicted molar refractivity (Wildman–Crippen MR) is 135 cm³/mol. The molecule has 1 aromatic heterocycles. The Bertz CT molecular complexity index is 1760. The van der Waals surface area contributed by atoms with E-state index >= 15 is 0 Å². The number of aromatic amines is 1. The standard InChI is InChI=1S/C23H20N4O8S2/c1-14-20(22(28)26(24-14)16-6-10-18(11-7-16)36(30,31)32)4-3-5-21-15(2)25-27(23(21)29)17-8-12-19(13-9-17)37(33,34)35/h3-13,24H,1-2H3,(H,30,31,32)(H,33,34,35). The second kappa shape index (κ2) is 9.40. The summed E-state index contributed by atoms with van der Waals surface area (Å²) < 4.78 is 64.3. The number of hydrogen-bond donors (Lipinski definition) is 3. The van der Waals surface area contributed by atoms with Gasteiger partial charge in [0.2, 0.25) is 0 Å². The van der Waals surface area contributed by atoms with Gasteiger partial charge < -0.3 is 0 Å². The molecule has 3 N–H and O–H groups in total. The summed E-state index contributed by atoms with van der Waals surface area (Å²) in [5.74, 6) is -0.469. The maximum absolute atomic E-state index is 12.9. The number of hydrazone groups is 1. The van der Waals surface area contributed by atoms with Crippen molar-refractivity contribution in [2.75, 3.05) is 5.01 Å². The van der Waals surface area contributed by atoms with Crippen LogP contribution in [0.4, 0.5) is 5.69 Å². The molecular weight excluding hydrogens is 524 g/mol. The molecule has 0 bridgehead atoms. The van der Waals surface area contributed by atoms with Crippen molar-refractivity contribution in [2.24, 2.45) is 5.10 Å². The second-order valence-corrected chi connectivity index (χ2v) is 10.8. The first-order chi connectivity index (χ1) is 17.3. The minimum atomic E-state index is -4.37. The fourth-order valence-corrected chi connectivity index (χ4v) is 4.55. The van der Waals surface area contributed by atoms with Gasteiger partial charge >= 0.3 is 0 Å². The Morgan fingerprint density at radius 3 is 1.86 bits per heavy atom. The van der Waals surface area contributed by atoms with Crippen LogP contribution in [0.15, 0.2) is 85.9 Å². The number of aromatic nitrogens is 2. The van der Waals surface area contributed by atoms with Crippen LogP contribution in [0.2, 0.25) is 0 Å². The maximum Gasteiger partial charge on any atom is 0.294 e. The van der Waals surface area contributed by atoms with Crippen molar-refractivity contribution < 1.29 is 30.7 Å². The third kappa shape index (κ3) is 5.22. The second-order valence-electron chi connectivity index (χ2n) is 7.97. The third-order valence-electron chi connectivity index (χ3n) is 5.48. The molecule has 0 radical (unpaired) electrons. The van der Waals surface area contributed by atoms with E-state index in [1.807, 2.05) is 0 Å². The summed E-state index contributed by atoms with van der Waals surface area (Å²) in [4.78, 5) is 25.1. The SMILES string of the molecule is CC1=NN(c2ccc(S(=O)(=O)O)cc2)C(=O)C1=CC=Cc1c(C)[nH]n(-c2ccc(S(=O)(=O)O)cc2)c1=O. The van der Waals surface area contributed by atoms with Crippen LogP contribution in [0.1, 0.15) is 18.2 Å². The van der Waals surface area contributed by atoms with Gasteiger partial charge in [0, 0.05) is 5.69 Å². The summed E-state index contributed by atoms with van der Waals surface area (Å²) in [7, 11) is -8.74. The maximum atomic E-state index is 12.9. The first-order valence-corrected chi connectivity index (χ1v) is 13.4. The Labute approximate surface area is 211 Å². The number of hydrogen-bond acceptors (Lipinski definition) is 7. The molecule has 1 amide bonds. The summed E-state index contributed by atoms with van der Waals surface area (Å²) in [6.45, 7) is 3.29. The van der Waals surface area contributed by atoms with Gasteiger partial charge in [0.15, 0.2) is 0 Å². The number of benzene rings is 2. The van der Waals surface area contributed by atoms with E-state index in [2.05, 4.69) is 10.2 Å². The number of carbonyl (C=O) groups excluding carboxylic acids is 1. The van der Waals surface area contributed by atoms with Crippen LogP contribution in [0.3, 0.4) is 0 Å². The zero-order valence-electron chi connectivity index (χ0n) is 19.4. The number of nitrogens with zero attached hydrogens (tertiary/aromatic N) is 3. The van der Waals surface area contributed by atoms with E-state index in [4.69, 9.17) is 9.11 Å². The van der Waals surface area contributed by atoms with Gasteiger partial charge in [-0.25, -0.2) is 4.68 Å². The zero-order valence-corrected chi connectivity index (χ0v) is 21.0. The number of anilines is 1. The third-order valence-corrected chi connectivity index (χ3v) is 7.21. The lowest BCUT2D eigenvalue weighted by Crippen LogP contribution is -2.21. The van der Waals surface area contributed by atoms with Gasteiger partial charge in [-0.2, -0.15) is 26.9 Å². The Morgan fingerprint density at radius 1 is 0.838 bits per heavy atom. The molecule has 0 fully saturated rings. The summed E-state index contributed by atoms with van der Waals surface area (Å²) in [6, 6.07) is 10.1. The number of carbonyl (C=O) groups is 1. The number of amides is 1. The van der Waals surface area contributed by atoms with Crippen molar-refractivity contribution in [3.63, 3.8) is 0 Å². The molecule has 1 aliphatic rings. The molecule has 4 rings (SSSR count). The minimum Gasteiger partial charge on any atom is -0.295 e. The van der Waals surface area contributed by atoms with Gasteiger partial charge in [0.05, 0.1) is 38.0 Å². The van der Waals surface area contributed by atoms with Crippen LogP contribution in [0.25, 0.3) is 11.8 Å². The Kier molecular flexibility index (Phi) is 6.60. The number of allylic oxidation sites excluding steroid dienone is 2. The lowest BCUT2D eigenvalue weighted by atomic mass is 10.1. The van der Waals surface area contributed by atoms with Crippen molar-refractivity contribution >= 4 is 43.6 Å². The lowest BCUT2D eigenvalue weighted by molar-refractivity contribution is -0.114. The van der Waals surface area contributed by atoms with Crippen molar-refractivity contribution in [3.05, 3.63) is 87.9 Å². The molecule has 3 aromatic rings. The molecule has 0 saturated heterocycles. The van der Waals surface area contributed by atoms with Crippen LogP contribution in [-0.4, -0.2) is 47.3 Å². The number of aryl methyl sites for hydroxylation is 1. The van der Waals surface area contributed by atoms with E-state index in [-0.39, 0.29) is 15.4 Å². The quantitative estimate of drug-likeness (QED) is 0.312. The highest BCUT2D eigenvalue weighted by Gasteiger charge is 2.28. The predicted octanol–water partition coefficient (Wildman–Crippen LogP) is 2.33. The molecule has 0 aliphatic carbocycles. The summed E-state index contributed by atoms with van der Waals surface area (Å²) in [5, 5.41) is 8.17. The topological polar surface area (TPSA) is 179 Å². The van der Waals surface area contributed by atoms with Crippen molar-refractivity contribution in [1.29, 1.82) is 0 Å². The normalized spacial score (nSPS) is 15.7. The summed E-state index contributed by atoms with van der Waals surface area (Å²) in [5.41, 5.74) is 1.70. The highest BCUT2D eigenvalue weighted by atomic mass is 32.2. The first-order valence-electron chi connectivity index (χ1n) is 10.5. The van der Waals surface area contributed by atoms with Gasteiger partial charge in [-0.1, -0.05) is 6.08 Å². The van der Waals surface area contributed by atoms with E-state index in [1.54, 1.807) is 13.8 Å². The molecule has 0 atom stereocenters. The van der Waals surface area contributed by atoms with E-state index in [0.29, 0.717) is 28.3 Å². The molecule has 1 aliphatic heterocycles. The number of rotatable bonds is 6. The fraction of sp³-hybridized carbons (Fsp3) is 0.0870.